The van der Waals surface area contributed by atoms with Gasteiger partial charge in [-0.1, -0.05) is 24.4 Å². The van der Waals surface area contributed by atoms with E-state index in [1.165, 1.54) is 0 Å². The number of fused-ring (bicyclic) bond motifs is 1. The molecule has 0 aromatic rings. The summed E-state index contributed by atoms with van der Waals surface area (Å²) >= 11 is 7.23. The lowest BCUT2D eigenvalue weighted by Crippen LogP contribution is -2.45. The van der Waals surface area contributed by atoms with Crippen molar-refractivity contribution in [2.24, 2.45) is 5.92 Å². The molecule has 2 unspecified atom stereocenters. The van der Waals surface area contributed by atoms with E-state index < -0.39 is 0 Å². The van der Waals surface area contributed by atoms with Crippen molar-refractivity contribution >= 4 is 29.0 Å². The molecule has 0 saturated carbocycles. The van der Waals surface area contributed by atoms with Gasteiger partial charge in [0.15, 0.2) is 0 Å². The molecule has 2 rings (SSSR count). The Morgan fingerprint density at radius 1 is 1.46 bits per heavy atom. The van der Waals surface area contributed by atoms with E-state index >= 15 is 0 Å². The molecule has 0 aromatic heterocycles. The molecule has 2 atom stereocenters. The van der Waals surface area contributed by atoms with Crippen LogP contribution in [0.5, 0.6) is 0 Å². The van der Waals surface area contributed by atoms with Gasteiger partial charge in [-0.2, -0.15) is 0 Å². The number of thioether (sulfide) groups is 1. The normalized spacial score (nSPS) is 31.6. The largest absolute Gasteiger partial charge is 0.275 e. The summed E-state index contributed by atoms with van der Waals surface area (Å²) in [5.41, 5.74) is 0. The van der Waals surface area contributed by atoms with E-state index in [0.29, 0.717) is 11.2 Å². The van der Waals surface area contributed by atoms with Crippen LogP contribution in [0.3, 0.4) is 0 Å². The summed E-state index contributed by atoms with van der Waals surface area (Å²) in [4.78, 5) is 1.01. The molecule has 2 aliphatic rings. The zero-order valence-corrected chi connectivity index (χ0v) is 9.31. The van der Waals surface area contributed by atoms with Crippen LogP contribution < -0.4 is 0 Å². The van der Waals surface area contributed by atoms with Crippen LogP contribution in [0.2, 0.25) is 0 Å². The second-order valence-corrected chi connectivity index (χ2v) is 4.80. The lowest BCUT2D eigenvalue weighted by atomic mass is 10.0. The standard InChI is InChI=1S/C9H12N2S2/c1-10(2)11-5-3-7-4-6-13-8(7)9(11)12/h3-8H,1-2H3. The van der Waals surface area contributed by atoms with Crippen molar-refractivity contribution in [1.82, 2.24) is 10.0 Å². The molecule has 0 bridgehead atoms. The average molecular weight is 212 g/mol. The molecule has 0 aliphatic carbocycles. The molecule has 0 amide bonds. The number of thiocarbonyl (C=S) groups is 1. The van der Waals surface area contributed by atoms with Crippen LogP contribution in [-0.4, -0.2) is 34.4 Å². The van der Waals surface area contributed by atoms with Gasteiger partial charge in [-0.15, -0.1) is 11.8 Å². The molecule has 2 heterocycles. The number of nitrogens with zero attached hydrogens (tertiary/aromatic N) is 2. The summed E-state index contributed by atoms with van der Waals surface area (Å²) in [6, 6.07) is 0. The van der Waals surface area contributed by atoms with E-state index in [1.54, 1.807) is 0 Å². The minimum Gasteiger partial charge on any atom is -0.275 e. The Balaban J connectivity index is 2.22. The van der Waals surface area contributed by atoms with Crippen molar-refractivity contribution in [3.05, 3.63) is 23.8 Å². The molecule has 2 nitrogen and oxygen atoms in total. The highest BCUT2D eigenvalue weighted by atomic mass is 32.2. The van der Waals surface area contributed by atoms with Gasteiger partial charge < -0.3 is 0 Å². The minimum absolute atomic E-state index is 0.433. The second-order valence-electron chi connectivity index (χ2n) is 3.33. The van der Waals surface area contributed by atoms with Crippen molar-refractivity contribution in [2.75, 3.05) is 14.1 Å². The third-order valence-electron chi connectivity index (χ3n) is 2.23. The molecule has 0 radical (unpaired) electrons. The van der Waals surface area contributed by atoms with E-state index in [4.69, 9.17) is 12.2 Å². The molecule has 0 aromatic carbocycles. The Kier molecular flexibility index (Phi) is 2.45. The van der Waals surface area contributed by atoms with Crippen LogP contribution in [0, 0.1) is 5.92 Å². The predicted octanol–water partition coefficient (Wildman–Crippen LogP) is 1.86. The Morgan fingerprint density at radius 3 is 2.92 bits per heavy atom. The summed E-state index contributed by atoms with van der Waals surface area (Å²) < 4.78 is 0. The van der Waals surface area contributed by atoms with Gasteiger partial charge >= 0.3 is 0 Å². The topological polar surface area (TPSA) is 6.48 Å². The summed E-state index contributed by atoms with van der Waals surface area (Å²) in [5, 5.41) is 6.61. The summed E-state index contributed by atoms with van der Waals surface area (Å²) in [6.07, 6.45) is 6.47. The van der Waals surface area contributed by atoms with E-state index in [0.717, 1.165) is 4.99 Å². The number of rotatable bonds is 1. The van der Waals surface area contributed by atoms with Gasteiger partial charge in [-0.25, -0.2) is 5.01 Å². The van der Waals surface area contributed by atoms with Gasteiger partial charge in [0.2, 0.25) is 0 Å². The highest BCUT2D eigenvalue weighted by Gasteiger charge is 2.32. The molecule has 0 N–H and O–H groups in total. The third-order valence-corrected chi connectivity index (χ3v) is 3.96. The highest BCUT2D eigenvalue weighted by molar-refractivity contribution is 8.04. The molecule has 70 valence electrons. The molecule has 0 spiro atoms. The lowest BCUT2D eigenvalue weighted by molar-refractivity contribution is 0.166. The number of hydrogen-bond donors (Lipinski definition) is 0. The lowest BCUT2D eigenvalue weighted by Gasteiger charge is -2.35. The van der Waals surface area contributed by atoms with Crippen molar-refractivity contribution in [2.45, 2.75) is 5.25 Å². The van der Waals surface area contributed by atoms with Crippen LogP contribution in [0.25, 0.3) is 0 Å². The maximum absolute atomic E-state index is 5.41. The molecular weight excluding hydrogens is 200 g/mol. The van der Waals surface area contributed by atoms with Crippen molar-refractivity contribution < 1.29 is 0 Å². The molecule has 0 fully saturated rings. The molecule has 13 heavy (non-hydrogen) atoms. The Labute approximate surface area is 88.2 Å². The number of hydrazine groups is 1. The average Bonchev–Trinajstić information content (AvgIpc) is 2.52. The summed E-state index contributed by atoms with van der Waals surface area (Å²) in [7, 11) is 4.01. The minimum atomic E-state index is 0.433. The SMILES string of the molecule is CN(C)N1C=CC2C=CSC2C1=S. The van der Waals surface area contributed by atoms with Crippen molar-refractivity contribution in [3.63, 3.8) is 0 Å². The van der Waals surface area contributed by atoms with Crippen LogP contribution in [0.4, 0.5) is 0 Å². The van der Waals surface area contributed by atoms with E-state index in [2.05, 4.69) is 23.8 Å². The Hall–Kier alpha value is -0.320. The van der Waals surface area contributed by atoms with Gasteiger partial charge in [0, 0.05) is 26.2 Å². The fraction of sp³-hybridized carbons (Fsp3) is 0.444. The van der Waals surface area contributed by atoms with Crippen LogP contribution >= 0.6 is 24.0 Å². The summed E-state index contributed by atoms with van der Waals surface area (Å²) in [5.74, 6) is 0.508. The first-order valence-corrected chi connectivity index (χ1v) is 5.56. The van der Waals surface area contributed by atoms with Crippen LogP contribution in [0.1, 0.15) is 0 Å². The first kappa shape index (κ1) is 9.24. The second kappa shape index (κ2) is 3.44. The fourth-order valence-electron chi connectivity index (χ4n) is 1.52. The van der Waals surface area contributed by atoms with E-state index in [-0.39, 0.29) is 0 Å². The van der Waals surface area contributed by atoms with Gasteiger partial charge in [0.25, 0.3) is 0 Å². The monoisotopic (exact) mass is 212 g/mol. The van der Waals surface area contributed by atoms with Gasteiger partial charge in [0.1, 0.15) is 4.99 Å². The maximum atomic E-state index is 5.41. The fourth-order valence-corrected chi connectivity index (χ4v) is 3.09. The van der Waals surface area contributed by atoms with E-state index in [1.807, 2.05) is 35.9 Å². The van der Waals surface area contributed by atoms with Gasteiger partial charge in [0.05, 0.1) is 5.25 Å². The quantitative estimate of drug-likeness (QED) is 0.612. The molecule has 0 saturated heterocycles. The number of allylic oxidation sites excluding steroid dienone is 2. The van der Waals surface area contributed by atoms with Crippen LogP contribution in [0.15, 0.2) is 23.8 Å². The summed E-state index contributed by atoms with van der Waals surface area (Å²) in [6.45, 7) is 0. The molecule has 4 heteroatoms. The predicted molar refractivity (Wildman–Crippen MR) is 61.3 cm³/mol. The zero-order valence-electron chi connectivity index (χ0n) is 7.68. The third kappa shape index (κ3) is 1.54. The van der Waals surface area contributed by atoms with E-state index in [9.17, 15) is 0 Å². The maximum Gasteiger partial charge on any atom is 0.111 e. The van der Waals surface area contributed by atoms with Gasteiger partial charge in [-0.05, 0) is 5.41 Å². The van der Waals surface area contributed by atoms with Gasteiger partial charge in [-0.3, -0.25) is 5.01 Å². The first-order chi connectivity index (χ1) is 6.20. The van der Waals surface area contributed by atoms with Crippen molar-refractivity contribution in [3.8, 4) is 0 Å². The Morgan fingerprint density at radius 2 is 2.23 bits per heavy atom. The van der Waals surface area contributed by atoms with Crippen molar-refractivity contribution in [1.29, 1.82) is 0 Å². The smallest absolute Gasteiger partial charge is 0.111 e. The molecule has 2 aliphatic heterocycles. The first-order valence-electron chi connectivity index (χ1n) is 4.21. The zero-order chi connectivity index (χ0) is 9.42. The molecular formula is C9H12N2S2. The Bertz CT molecular complexity index is 283. The highest BCUT2D eigenvalue weighted by Crippen LogP contribution is 2.35. The van der Waals surface area contributed by atoms with Crippen LogP contribution in [-0.2, 0) is 0 Å². The number of hydrogen-bond acceptors (Lipinski definition) is 3.